The third-order valence-corrected chi connectivity index (χ3v) is 4.68. The standard InChI is InChI=1S/C13H16N4OS/c1-7(8-2-3-8)6-17-12(18)11-9(14)10-13(19-11)16-5-4-15-10/h4-5,7-8H,2-3,6,14H2,1H3,(H,17,18). The van der Waals surface area contributed by atoms with Crippen molar-refractivity contribution in [3.05, 3.63) is 17.3 Å². The molecule has 0 spiro atoms. The number of hydrogen-bond acceptors (Lipinski definition) is 5. The number of nitrogens with two attached hydrogens (primary N) is 1. The molecule has 1 amide bonds. The van der Waals surface area contributed by atoms with Crippen LogP contribution in [0.1, 0.15) is 29.4 Å². The van der Waals surface area contributed by atoms with E-state index in [9.17, 15) is 4.79 Å². The van der Waals surface area contributed by atoms with Crippen LogP contribution in [0, 0.1) is 11.8 Å². The van der Waals surface area contributed by atoms with Gasteiger partial charge in [-0.15, -0.1) is 11.3 Å². The van der Waals surface area contributed by atoms with Gasteiger partial charge in [-0.1, -0.05) is 6.92 Å². The van der Waals surface area contributed by atoms with Gasteiger partial charge in [0.2, 0.25) is 0 Å². The summed E-state index contributed by atoms with van der Waals surface area (Å²) in [6.07, 6.45) is 5.77. The molecule has 0 aromatic carbocycles. The maximum atomic E-state index is 12.1. The molecule has 1 aliphatic carbocycles. The van der Waals surface area contributed by atoms with Gasteiger partial charge in [0, 0.05) is 18.9 Å². The van der Waals surface area contributed by atoms with E-state index < -0.39 is 0 Å². The number of rotatable bonds is 4. The van der Waals surface area contributed by atoms with Gasteiger partial charge in [-0.25, -0.2) is 9.97 Å². The second kappa shape index (κ2) is 4.77. The van der Waals surface area contributed by atoms with E-state index in [1.807, 2.05) is 0 Å². The van der Waals surface area contributed by atoms with Crippen LogP contribution in [0.5, 0.6) is 0 Å². The zero-order valence-corrected chi connectivity index (χ0v) is 11.5. The molecule has 3 rings (SSSR count). The fourth-order valence-corrected chi connectivity index (χ4v) is 3.12. The molecule has 6 heteroatoms. The maximum Gasteiger partial charge on any atom is 0.263 e. The fraction of sp³-hybridized carbons (Fsp3) is 0.462. The molecule has 19 heavy (non-hydrogen) atoms. The Morgan fingerprint density at radius 2 is 2.26 bits per heavy atom. The van der Waals surface area contributed by atoms with Gasteiger partial charge in [-0.2, -0.15) is 0 Å². The number of anilines is 1. The number of nitrogens with zero attached hydrogens (tertiary/aromatic N) is 2. The van der Waals surface area contributed by atoms with Crippen LogP contribution in [0.3, 0.4) is 0 Å². The van der Waals surface area contributed by atoms with E-state index in [2.05, 4.69) is 22.2 Å². The first-order valence-electron chi connectivity index (χ1n) is 6.44. The molecular formula is C13H16N4OS. The Morgan fingerprint density at radius 3 is 2.95 bits per heavy atom. The van der Waals surface area contributed by atoms with Crippen molar-refractivity contribution in [3.8, 4) is 0 Å². The van der Waals surface area contributed by atoms with E-state index >= 15 is 0 Å². The molecule has 0 radical (unpaired) electrons. The minimum absolute atomic E-state index is 0.116. The van der Waals surface area contributed by atoms with E-state index in [0.717, 1.165) is 5.92 Å². The van der Waals surface area contributed by atoms with E-state index in [0.29, 0.717) is 33.4 Å². The van der Waals surface area contributed by atoms with Crippen molar-refractivity contribution in [3.63, 3.8) is 0 Å². The van der Waals surface area contributed by atoms with Gasteiger partial charge in [0.05, 0.1) is 5.69 Å². The Balaban J connectivity index is 1.75. The molecule has 1 saturated carbocycles. The Hall–Kier alpha value is -1.69. The molecule has 1 fully saturated rings. The Kier molecular flexibility index (Phi) is 3.10. The van der Waals surface area contributed by atoms with Gasteiger partial charge in [-0.05, 0) is 24.7 Å². The molecule has 2 heterocycles. The highest BCUT2D eigenvalue weighted by molar-refractivity contribution is 7.21. The monoisotopic (exact) mass is 276 g/mol. The van der Waals surface area contributed by atoms with Crippen molar-refractivity contribution in [1.29, 1.82) is 0 Å². The van der Waals surface area contributed by atoms with E-state index in [1.54, 1.807) is 12.4 Å². The van der Waals surface area contributed by atoms with E-state index in [4.69, 9.17) is 5.73 Å². The van der Waals surface area contributed by atoms with Crippen molar-refractivity contribution >= 4 is 33.3 Å². The van der Waals surface area contributed by atoms with Crippen molar-refractivity contribution in [2.45, 2.75) is 19.8 Å². The molecule has 5 nitrogen and oxygen atoms in total. The van der Waals surface area contributed by atoms with Gasteiger partial charge in [0.1, 0.15) is 15.2 Å². The number of thiophene rings is 1. The van der Waals surface area contributed by atoms with Crippen LogP contribution >= 0.6 is 11.3 Å². The minimum Gasteiger partial charge on any atom is -0.396 e. The summed E-state index contributed by atoms with van der Waals surface area (Å²) >= 11 is 1.30. The summed E-state index contributed by atoms with van der Waals surface area (Å²) < 4.78 is 0. The van der Waals surface area contributed by atoms with E-state index in [-0.39, 0.29) is 5.91 Å². The van der Waals surface area contributed by atoms with Gasteiger partial charge >= 0.3 is 0 Å². The highest BCUT2D eigenvalue weighted by Crippen LogP contribution is 2.36. The first kappa shape index (κ1) is 12.3. The predicted molar refractivity (Wildman–Crippen MR) is 76.0 cm³/mol. The largest absolute Gasteiger partial charge is 0.396 e. The number of aromatic nitrogens is 2. The van der Waals surface area contributed by atoms with Crippen molar-refractivity contribution in [2.24, 2.45) is 11.8 Å². The average Bonchev–Trinajstić information content (AvgIpc) is 3.21. The third kappa shape index (κ3) is 2.40. The minimum atomic E-state index is -0.116. The molecule has 100 valence electrons. The topological polar surface area (TPSA) is 80.9 Å². The summed E-state index contributed by atoms with van der Waals surface area (Å²) in [7, 11) is 0. The SMILES string of the molecule is CC(CNC(=O)c1sc2nccnc2c1N)C1CC1. The molecule has 1 unspecified atom stereocenters. The number of carbonyl (C=O) groups excluding carboxylic acids is 1. The molecule has 1 aliphatic rings. The lowest BCUT2D eigenvalue weighted by atomic mass is 10.1. The number of amides is 1. The Bertz CT molecular complexity index is 620. The summed E-state index contributed by atoms with van der Waals surface area (Å²) in [6, 6.07) is 0. The zero-order valence-electron chi connectivity index (χ0n) is 10.7. The first-order valence-corrected chi connectivity index (χ1v) is 7.25. The summed E-state index contributed by atoms with van der Waals surface area (Å²) in [5, 5.41) is 2.96. The second-order valence-electron chi connectivity index (χ2n) is 5.08. The number of hydrogen-bond donors (Lipinski definition) is 2. The third-order valence-electron chi connectivity index (χ3n) is 3.58. The van der Waals surface area contributed by atoms with Crippen LogP contribution < -0.4 is 11.1 Å². The summed E-state index contributed by atoms with van der Waals surface area (Å²) in [4.78, 5) is 21.7. The van der Waals surface area contributed by atoms with Crippen LogP contribution in [0.4, 0.5) is 5.69 Å². The summed E-state index contributed by atoms with van der Waals surface area (Å²) in [5.74, 6) is 1.20. The number of fused-ring (bicyclic) bond motifs is 1. The lowest BCUT2D eigenvalue weighted by molar-refractivity contribution is 0.0951. The Labute approximate surface area is 115 Å². The van der Waals surface area contributed by atoms with Crippen molar-refractivity contribution in [2.75, 3.05) is 12.3 Å². The predicted octanol–water partition coefficient (Wildman–Crippen LogP) is 2.05. The van der Waals surface area contributed by atoms with Gasteiger partial charge in [-0.3, -0.25) is 4.79 Å². The highest BCUT2D eigenvalue weighted by atomic mass is 32.1. The molecular weight excluding hydrogens is 260 g/mol. The van der Waals surface area contributed by atoms with Crippen LogP contribution in [0.25, 0.3) is 10.3 Å². The second-order valence-corrected chi connectivity index (χ2v) is 6.08. The smallest absolute Gasteiger partial charge is 0.263 e. The Morgan fingerprint density at radius 1 is 1.53 bits per heavy atom. The lowest BCUT2D eigenvalue weighted by Crippen LogP contribution is -2.28. The van der Waals surface area contributed by atoms with Crippen LogP contribution in [0.2, 0.25) is 0 Å². The van der Waals surface area contributed by atoms with Crippen molar-refractivity contribution < 1.29 is 4.79 Å². The van der Waals surface area contributed by atoms with Crippen LogP contribution in [0.15, 0.2) is 12.4 Å². The quantitative estimate of drug-likeness (QED) is 0.895. The molecule has 3 N–H and O–H groups in total. The van der Waals surface area contributed by atoms with Gasteiger partial charge in [0.25, 0.3) is 5.91 Å². The molecule has 0 aliphatic heterocycles. The normalized spacial score (nSPS) is 16.5. The molecule has 2 aromatic heterocycles. The fourth-order valence-electron chi connectivity index (χ4n) is 2.18. The zero-order chi connectivity index (χ0) is 13.4. The number of carbonyl (C=O) groups is 1. The number of nitrogens with one attached hydrogen (secondary N) is 1. The average molecular weight is 276 g/mol. The molecule has 1 atom stereocenters. The summed E-state index contributed by atoms with van der Waals surface area (Å²) in [6.45, 7) is 2.88. The van der Waals surface area contributed by atoms with Gasteiger partial charge < -0.3 is 11.1 Å². The van der Waals surface area contributed by atoms with Crippen LogP contribution in [-0.2, 0) is 0 Å². The van der Waals surface area contributed by atoms with Crippen molar-refractivity contribution in [1.82, 2.24) is 15.3 Å². The molecule has 0 bridgehead atoms. The lowest BCUT2D eigenvalue weighted by Gasteiger charge is -2.10. The highest BCUT2D eigenvalue weighted by Gasteiger charge is 2.28. The van der Waals surface area contributed by atoms with E-state index in [1.165, 1.54) is 24.2 Å². The summed E-state index contributed by atoms with van der Waals surface area (Å²) in [5.41, 5.74) is 7.02. The molecule has 0 saturated heterocycles. The number of nitrogen functional groups attached to an aromatic ring is 1. The first-order chi connectivity index (χ1) is 9.16. The molecule has 2 aromatic rings. The van der Waals surface area contributed by atoms with Crippen LogP contribution in [-0.4, -0.2) is 22.4 Å². The van der Waals surface area contributed by atoms with Gasteiger partial charge in [0.15, 0.2) is 0 Å². The maximum absolute atomic E-state index is 12.1.